The van der Waals surface area contributed by atoms with Crippen molar-refractivity contribution in [1.29, 1.82) is 0 Å². The molecule has 1 aliphatic heterocycles. The maximum absolute atomic E-state index is 11.9. The van der Waals surface area contributed by atoms with Crippen molar-refractivity contribution in [2.45, 2.75) is 71.1 Å². The second kappa shape index (κ2) is 10.6. The normalized spacial score (nSPS) is 28.3. The molecule has 9 heteroatoms. The molecule has 2 aliphatic rings. The van der Waals surface area contributed by atoms with E-state index >= 15 is 0 Å². The van der Waals surface area contributed by atoms with Gasteiger partial charge in [-0.15, -0.1) is 24.0 Å². The summed E-state index contributed by atoms with van der Waals surface area (Å²) in [4.78, 5) is 4.35. The molecule has 2 unspecified atom stereocenters. The predicted octanol–water partition coefficient (Wildman–Crippen LogP) is 2.18. The van der Waals surface area contributed by atoms with Crippen molar-refractivity contribution in [2.24, 2.45) is 10.4 Å². The highest BCUT2D eigenvalue weighted by Gasteiger charge is 2.53. The number of rotatable bonds is 8. The van der Waals surface area contributed by atoms with Gasteiger partial charge in [0.2, 0.25) is 10.0 Å². The Hall–Kier alpha value is -0.130. The van der Waals surface area contributed by atoms with Crippen molar-refractivity contribution in [2.75, 3.05) is 33.0 Å². The molecule has 0 bridgehead atoms. The van der Waals surface area contributed by atoms with Crippen LogP contribution in [-0.4, -0.2) is 69.9 Å². The molecule has 0 aromatic rings. The van der Waals surface area contributed by atoms with Gasteiger partial charge in [-0.1, -0.05) is 13.8 Å². The van der Waals surface area contributed by atoms with Crippen LogP contribution in [0.5, 0.6) is 0 Å². The van der Waals surface area contributed by atoms with Crippen LogP contribution in [0.25, 0.3) is 0 Å². The van der Waals surface area contributed by atoms with Crippen LogP contribution in [-0.2, 0) is 14.8 Å². The Bertz CT molecular complexity index is 595. The zero-order chi connectivity index (χ0) is 19.4. The van der Waals surface area contributed by atoms with Gasteiger partial charge in [0.15, 0.2) is 5.96 Å². The van der Waals surface area contributed by atoms with Gasteiger partial charge in [-0.25, -0.2) is 8.42 Å². The molecule has 0 spiro atoms. The molecule has 0 aromatic carbocycles. The van der Waals surface area contributed by atoms with E-state index < -0.39 is 10.0 Å². The fraction of sp³-hybridized carbons (Fsp3) is 0.944. The zero-order valence-corrected chi connectivity index (χ0v) is 20.5. The Morgan fingerprint density at radius 3 is 2.48 bits per heavy atom. The number of aliphatic imine (C=N–C) groups is 1. The minimum Gasteiger partial charge on any atom is -0.378 e. The molecule has 27 heavy (non-hydrogen) atoms. The minimum atomic E-state index is -3.15. The summed E-state index contributed by atoms with van der Waals surface area (Å²) >= 11 is 0. The molecular formula is C18H37IN4O3S. The van der Waals surface area contributed by atoms with Crippen LogP contribution < -0.4 is 10.6 Å². The Labute approximate surface area is 182 Å². The van der Waals surface area contributed by atoms with Gasteiger partial charge in [0.1, 0.15) is 0 Å². The van der Waals surface area contributed by atoms with E-state index in [1.54, 1.807) is 11.4 Å². The van der Waals surface area contributed by atoms with Crippen molar-refractivity contribution in [3.63, 3.8) is 0 Å². The fourth-order valence-electron chi connectivity index (χ4n) is 4.61. The predicted molar refractivity (Wildman–Crippen MR) is 121 cm³/mol. The quantitative estimate of drug-likeness (QED) is 0.294. The first-order valence-electron chi connectivity index (χ1n) is 9.87. The first kappa shape index (κ1) is 24.9. The summed E-state index contributed by atoms with van der Waals surface area (Å²) in [5.41, 5.74) is 0.139. The lowest BCUT2D eigenvalue weighted by atomic mass is 9.58. The summed E-state index contributed by atoms with van der Waals surface area (Å²) in [7, 11) is -1.39. The van der Waals surface area contributed by atoms with Gasteiger partial charge in [0, 0.05) is 44.2 Å². The highest BCUT2D eigenvalue weighted by molar-refractivity contribution is 14.0. The van der Waals surface area contributed by atoms with E-state index in [4.69, 9.17) is 4.74 Å². The van der Waals surface area contributed by atoms with E-state index in [9.17, 15) is 8.42 Å². The van der Waals surface area contributed by atoms with Crippen molar-refractivity contribution < 1.29 is 13.2 Å². The van der Waals surface area contributed by atoms with Crippen molar-refractivity contribution in [3.8, 4) is 0 Å². The highest BCUT2D eigenvalue weighted by Crippen LogP contribution is 2.48. The smallest absolute Gasteiger partial charge is 0.211 e. The molecule has 1 heterocycles. The van der Waals surface area contributed by atoms with Crippen LogP contribution in [0.15, 0.2) is 4.99 Å². The van der Waals surface area contributed by atoms with Gasteiger partial charge in [-0.3, -0.25) is 4.99 Å². The number of hydrogen-bond acceptors (Lipinski definition) is 4. The van der Waals surface area contributed by atoms with E-state index in [-0.39, 0.29) is 35.4 Å². The SMILES string of the molecule is CCOC1CC(NC(=NC)NC[C@H]2CCCN2S(C)(=O)=O)C1(CC)CC.I. The molecule has 3 atom stereocenters. The van der Waals surface area contributed by atoms with E-state index in [0.717, 1.165) is 44.7 Å². The number of nitrogens with zero attached hydrogens (tertiary/aromatic N) is 2. The summed E-state index contributed by atoms with van der Waals surface area (Å²) in [6.07, 6.45) is 6.50. The van der Waals surface area contributed by atoms with Gasteiger partial charge >= 0.3 is 0 Å². The van der Waals surface area contributed by atoms with E-state index in [0.29, 0.717) is 25.2 Å². The minimum absolute atomic E-state index is 0. The van der Waals surface area contributed by atoms with E-state index in [1.807, 2.05) is 6.92 Å². The number of guanidine groups is 1. The lowest BCUT2D eigenvalue weighted by Crippen LogP contribution is -2.66. The molecule has 2 fully saturated rings. The topological polar surface area (TPSA) is 83.0 Å². The number of ether oxygens (including phenoxy) is 1. The average Bonchev–Trinajstić information content (AvgIpc) is 3.07. The van der Waals surface area contributed by atoms with Crippen molar-refractivity contribution in [3.05, 3.63) is 0 Å². The first-order chi connectivity index (χ1) is 12.3. The van der Waals surface area contributed by atoms with Crippen LogP contribution in [0.4, 0.5) is 0 Å². The van der Waals surface area contributed by atoms with Gasteiger partial charge in [-0.05, 0) is 39.0 Å². The molecule has 0 aromatic heterocycles. The number of halogens is 1. The number of nitrogens with one attached hydrogen (secondary N) is 2. The third-order valence-electron chi connectivity index (χ3n) is 6.26. The summed E-state index contributed by atoms with van der Waals surface area (Å²) in [5, 5.41) is 6.89. The van der Waals surface area contributed by atoms with E-state index in [1.165, 1.54) is 6.26 Å². The molecule has 1 saturated carbocycles. The van der Waals surface area contributed by atoms with Crippen LogP contribution in [0.3, 0.4) is 0 Å². The monoisotopic (exact) mass is 516 g/mol. The van der Waals surface area contributed by atoms with Gasteiger partial charge in [0.05, 0.1) is 12.4 Å². The van der Waals surface area contributed by atoms with Crippen molar-refractivity contribution >= 4 is 40.0 Å². The van der Waals surface area contributed by atoms with Crippen LogP contribution >= 0.6 is 24.0 Å². The largest absolute Gasteiger partial charge is 0.378 e. The first-order valence-corrected chi connectivity index (χ1v) is 11.7. The highest BCUT2D eigenvalue weighted by atomic mass is 127. The van der Waals surface area contributed by atoms with Crippen molar-refractivity contribution in [1.82, 2.24) is 14.9 Å². The Balaban J connectivity index is 0.00000364. The average molecular weight is 516 g/mol. The van der Waals surface area contributed by atoms with E-state index in [2.05, 4.69) is 29.5 Å². The summed E-state index contributed by atoms with van der Waals surface area (Å²) < 4.78 is 31.3. The summed E-state index contributed by atoms with van der Waals surface area (Å²) in [6.45, 7) is 8.44. The molecular weight excluding hydrogens is 479 g/mol. The molecule has 160 valence electrons. The lowest BCUT2D eigenvalue weighted by molar-refractivity contribution is -0.133. The molecule has 1 saturated heterocycles. The van der Waals surface area contributed by atoms with Crippen LogP contribution in [0.1, 0.15) is 52.9 Å². The van der Waals surface area contributed by atoms with Crippen LogP contribution in [0.2, 0.25) is 0 Å². The Kier molecular flexibility index (Phi) is 9.77. The van der Waals surface area contributed by atoms with Gasteiger partial charge < -0.3 is 15.4 Å². The molecule has 0 radical (unpaired) electrons. The number of sulfonamides is 1. The third-order valence-corrected chi connectivity index (χ3v) is 7.59. The third kappa shape index (κ3) is 5.48. The van der Waals surface area contributed by atoms with Gasteiger partial charge in [-0.2, -0.15) is 4.31 Å². The second-order valence-corrected chi connectivity index (χ2v) is 9.37. The maximum atomic E-state index is 11.9. The Morgan fingerprint density at radius 2 is 1.96 bits per heavy atom. The zero-order valence-electron chi connectivity index (χ0n) is 17.3. The number of hydrogen-bond donors (Lipinski definition) is 2. The lowest BCUT2D eigenvalue weighted by Gasteiger charge is -2.55. The molecule has 1 aliphatic carbocycles. The van der Waals surface area contributed by atoms with Crippen LogP contribution in [0, 0.1) is 5.41 Å². The summed E-state index contributed by atoms with van der Waals surface area (Å²) in [6, 6.07) is 0.332. The second-order valence-electron chi connectivity index (χ2n) is 7.44. The fourth-order valence-corrected chi connectivity index (χ4v) is 5.79. The molecule has 0 amide bonds. The molecule has 7 nitrogen and oxygen atoms in total. The molecule has 2 N–H and O–H groups in total. The standard InChI is InChI=1S/C18H36N4O3S.HI/c1-6-18(7-2)15(12-16(18)25-8-3)21-17(19-4)20-13-14-10-9-11-22(14)26(5,23)24;/h14-16H,6-13H2,1-5H3,(H2,19,20,21);1H/t14-,15?,16?;/m1./s1. The summed E-state index contributed by atoms with van der Waals surface area (Å²) in [5.74, 6) is 0.747. The Morgan fingerprint density at radius 1 is 1.30 bits per heavy atom. The molecule has 2 rings (SSSR count). The van der Waals surface area contributed by atoms with Gasteiger partial charge in [0.25, 0.3) is 0 Å². The maximum Gasteiger partial charge on any atom is 0.211 e.